The van der Waals surface area contributed by atoms with Gasteiger partial charge >= 0.3 is 6.03 Å². The zero-order valence-electron chi connectivity index (χ0n) is 8.03. The average Bonchev–Trinajstić information content (AvgIpc) is 2.20. The Bertz CT molecular complexity index is 393. The Kier molecular flexibility index (Phi) is 3.93. The molecule has 0 aliphatic rings. The lowest BCUT2D eigenvalue weighted by Crippen LogP contribution is -2.24. The average molecular weight is 228 g/mol. The number of benzene rings is 1. The lowest BCUT2D eigenvalue weighted by molar-refractivity contribution is 0.249. The van der Waals surface area contributed by atoms with Crippen LogP contribution in [-0.4, -0.2) is 19.4 Å². The topological polar surface area (TPSA) is 76.7 Å². The zero-order chi connectivity index (χ0) is 11.3. The van der Waals surface area contributed by atoms with E-state index in [1.807, 2.05) is 0 Å². The van der Waals surface area contributed by atoms with E-state index in [-0.39, 0.29) is 0 Å². The minimum Gasteiger partial charge on any atom is -0.496 e. The highest BCUT2D eigenvalue weighted by Gasteiger charge is 2.04. The highest BCUT2D eigenvalue weighted by Crippen LogP contribution is 2.23. The van der Waals surface area contributed by atoms with Gasteiger partial charge in [0.2, 0.25) is 0 Å². The van der Waals surface area contributed by atoms with E-state index < -0.39 is 6.03 Å². The van der Waals surface area contributed by atoms with Crippen LogP contribution in [0, 0.1) is 0 Å². The largest absolute Gasteiger partial charge is 0.496 e. The van der Waals surface area contributed by atoms with E-state index in [4.69, 9.17) is 22.1 Å². The first-order valence-corrected chi connectivity index (χ1v) is 4.44. The third kappa shape index (κ3) is 3.14. The minimum absolute atomic E-state index is 0.476. The Hall–Kier alpha value is -1.75. The molecule has 1 rings (SSSR count). The van der Waals surface area contributed by atoms with Crippen molar-refractivity contribution >= 4 is 23.8 Å². The third-order valence-corrected chi connectivity index (χ3v) is 1.93. The summed E-state index contributed by atoms with van der Waals surface area (Å²) in [7, 11) is 1.52. The van der Waals surface area contributed by atoms with Crippen LogP contribution >= 0.6 is 11.6 Å². The number of halogens is 1. The fourth-order valence-electron chi connectivity index (χ4n) is 0.981. The molecule has 3 N–H and O–H groups in total. The smallest absolute Gasteiger partial charge is 0.332 e. The van der Waals surface area contributed by atoms with Gasteiger partial charge in [0.15, 0.2) is 0 Å². The van der Waals surface area contributed by atoms with Crippen LogP contribution in [-0.2, 0) is 0 Å². The van der Waals surface area contributed by atoms with Crippen LogP contribution in [0.3, 0.4) is 0 Å². The Labute approximate surface area is 91.9 Å². The molecule has 0 saturated heterocycles. The molecular formula is C9H10ClN3O2. The fraction of sp³-hybridized carbons (Fsp3) is 0.111. The van der Waals surface area contributed by atoms with Gasteiger partial charge < -0.3 is 10.5 Å². The van der Waals surface area contributed by atoms with Gasteiger partial charge in [0, 0.05) is 0 Å². The lowest BCUT2D eigenvalue weighted by Gasteiger charge is -2.05. The summed E-state index contributed by atoms with van der Waals surface area (Å²) in [5, 5.41) is 4.07. The van der Waals surface area contributed by atoms with Crippen LogP contribution in [0.25, 0.3) is 0 Å². The number of rotatable bonds is 3. The molecule has 1 aromatic rings. The highest BCUT2D eigenvalue weighted by atomic mass is 35.5. The maximum atomic E-state index is 10.4. The number of primary amides is 1. The monoisotopic (exact) mass is 227 g/mol. The molecule has 15 heavy (non-hydrogen) atoms. The van der Waals surface area contributed by atoms with Crippen LogP contribution in [0.5, 0.6) is 5.75 Å². The van der Waals surface area contributed by atoms with Gasteiger partial charge in [-0.25, -0.2) is 10.2 Å². The van der Waals surface area contributed by atoms with E-state index in [1.54, 1.807) is 18.2 Å². The number of hydrogen-bond acceptors (Lipinski definition) is 3. The van der Waals surface area contributed by atoms with Gasteiger partial charge in [-0.2, -0.15) is 5.10 Å². The summed E-state index contributed by atoms with van der Waals surface area (Å²) in [6.07, 6.45) is 1.37. The first-order valence-electron chi connectivity index (χ1n) is 4.06. The molecule has 0 bridgehead atoms. The maximum Gasteiger partial charge on any atom is 0.332 e. The Morgan fingerprint density at radius 3 is 3.00 bits per heavy atom. The molecule has 0 aliphatic heterocycles. The van der Waals surface area contributed by atoms with Gasteiger partial charge in [0.1, 0.15) is 5.75 Å². The van der Waals surface area contributed by atoms with Crippen LogP contribution in [0.4, 0.5) is 4.79 Å². The second kappa shape index (κ2) is 5.21. The van der Waals surface area contributed by atoms with E-state index in [0.717, 1.165) is 0 Å². The SMILES string of the molecule is COc1cccc(Cl)c1/C=N/NC(N)=O. The molecule has 0 fully saturated rings. The number of nitrogens with zero attached hydrogens (tertiary/aromatic N) is 1. The van der Waals surface area contributed by atoms with Crippen molar-refractivity contribution in [1.82, 2.24) is 5.43 Å². The van der Waals surface area contributed by atoms with Crippen LogP contribution in [0.2, 0.25) is 5.02 Å². The van der Waals surface area contributed by atoms with Gasteiger partial charge in [-0.15, -0.1) is 0 Å². The van der Waals surface area contributed by atoms with Crippen molar-refractivity contribution in [3.05, 3.63) is 28.8 Å². The molecule has 5 nitrogen and oxygen atoms in total. The molecule has 0 atom stereocenters. The van der Waals surface area contributed by atoms with Crippen LogP contribution in [0.1, 0.15) is 5.56 Å². The summed E-state index contributed by atoms with van der Waals surface area (Å²) in [6.45, 7) is 0. The second-order valence-electron chi connectivity index (χ2n) is 2.59. The lowest BCUT2D eigenvalue weighted by atomic mass is 10.2. The first kappa shape index (κ1) is 11.3. The molecule has 80 valence electrons. The summed E-state index contributed by atoms with van der Waals surface area (Å²) in [5.74, 6) is 0.567. The number of carbonyl (C=O) groups excluding carboxylic acids is 1. The summed E-state index contributed by atoms with van der Waals surface area (Å²) >= 11 is 5.91. The van der Waals surface area contributed by atoms with Crippen molar-refractivity contribution in [2.75, 3.05) is 7.11 Å². The normalized spacial score (nSPS) is 10.3. The molecule has 0 saturated carbocycles. The number of hydrazone groups is 1. The third-order valence-electron chi connectivity index (χ3n) is 1.60. The highest BCUT2D eigenvalue weighted by molar-refractivity contribution is 6.33. The quantitative estimate of drug-likeness (QED) is 0.604. The number of methoxy groups -OCH3 is 1. The van der Waals surface area contributed by atoms with Gasteiger partial charge in [0.05, 0.1) is 23.9 Å². The number of carbonyl (C=O) groups is 1. The number of amides is 2. The summed E-state index contributed by atoms with van der Waals surface area (Å²) in [5.41, 5.74) is 7.48. The molecule has 2 amide bonds. The number of urea groups is 1. The molecule has 0 heterocycles. The molecule has 0 radical (unpaired) electrons. The van der Waals surface area contributed by atoms with Gasteiger partial charge in [-0.1, -0.05) is 17.7 Å². The standard InChI is InChI=1S/C9H10ClN3O2/c1-15-8-4-2-3-7(10)6(8)5-12-13-9(11)14/h2-5H,1H3,(H3,11,13,14)/b12-5+. The Morgan fingerprint density at radius 1 is 1.67 bits per heavy atom. The summed E-state index contributed by atoms with van der Waals surface area (Å²) in [6, 6.07) is 4.44. The van der Waals surface area contributed by atoms with E-state index in [2.05, 4.69) is 10.5 Å². The number of ether oxygens (including phenoxy) is 1. The van der Waals surface area contributed by atoms with Crippen molar-refractivity contribution in [2.45, 2.75) is 0 Å². The minimum atomic E-state index is -0.739. The maximum absolute atomic E-state index is 10.4. The van der Waals surface area contributed by atoms with Crippen molar-refractivity contribution in [1.29, 1.82) is 0 Å². The predicted octanol–water partition coefficient (Wildman–Crippen LogP) is 1.35. The molecule has 0 unspecified atom stereocenters. The molecule has 0 aromatic heterocycles. The predicted molar refractivity (Wildman–Crippen MR) is 58.3 cm³/mol. The zero-order valence-corrected chi connectivity index (χ0v) is 8.78. The fourth-order valence-corrected chi connectivity index (χ4v) is 1.20. The Morgan fingerprint density at radius 2 is 2.40 bits per heavy atom. The number of nitrogens with two attached hydrogens (primary N) is 1. The van der Waals surface area contributed by atoms with Crippen LogP contribution in [0.15, 0.2) is 23.3 Å². The molecule has 6 heteroatoms. The summed E-state index contributed by atoms with van der Waals surface area (Å²) in [4.78, 5) is 10.4. The van der Waals surface area contributed by atoms with E-state index >= 15 is 0 Å². The van der Waals surface area contributed by atoms with Crippen molar-refractivity contribution in [3.8, 4) is 5.75 Å². The second-order valence-corrected chi connectivity index (χ2v) is 3.00. The molecule has 0 aliphatic carbocycles. The van der Waals surface area contributed by atoms with Crippen molar-refractivity contribution in [2.24, 2.45) is 10.8 Å². The molecule has 0 spiro atoms. The van der Waals surface area contributed by atoms with E-state index in [1.165, 1.54) is 13.3 Å². The van der Waals surface area contributed by atoms with Gasteiger partial charge in [0.25, 0.3) is 0 Å². The molecular weight excluding hydrogens is 218 g/mol. The number of hydrogen-bond donors (Lipinski definition) is 2. The molecule has 1 aromatic carbocycles. The van der Waals surface area contributed by atoms with E-state index in [0.29, 0.717) is 16.3 Å². The van der Waals surface area contributed by atoms with Crippen molar-refractivity contribution in [3.63, 3.8) is 0 Å². The van der Waals surface area contributed by atoms with E-state index in [9.17, 15) is 4.79 Å². The van der Waals surface area contributed by atoms with Gasteiger partial charge in [-0.3, -0.25) is 0 Å². The summed E-state index contributed by atoms with van der Waals surface area (Å²) < 4.78 is 5.06. The number of nitrogens with one attached hydrogen (secondary N) is 1. The van der Waals surface area contributed by atoms with Crippen molar-refractivity contribution < 1.29 is 9.53 Å². The Balaban J connectivity index is 2.92. The van der Waals surface area contributed by atoms with Gasteiger partial charge in [-0.05, 0) is 12.1 Å². The first-order chi connectivity index (χ1) is 7.15. The van der Waals surface area contributed by atoms with Crippen LogP contribution < -0.4 is 15.9 Å².